The van der Waals surface area contributed by atoms with Crippen molar-refractivity contribution in [2.24, 2.45) is 5.41 Å². The topological polar surface area (TPSA) is 86.6 Å². The van der Waals surface area contributed by atoms with Crippen LogP contribution in [0.2, 0.25) is 0 Å². The zero-order chi connectivity index (χ0) is 23.1. The second kappa shape index (κ2) is 10.7. The fourth-order valence-corrected chi connectivity index (χ4v) is 4.61. The molecule has 0 saturated heterocycles. The van der Waals surface area contributed by atoms with Crippen LogP contribution in [-0.2, 0) is 16.0 Å². The first-order valence-corrected chi connectivity index (χ1v) is 11.4. The molecular weight excluding hydrogens is 409 g/mol. The molecule has 0 aliphatic heterocycles. The van der Waals surface area contributed by atoms with Gasteiger partial charge in [0.25, 0.3) is 0 Å². The summed E-state index contributed by atoms with van der Waals surface area (Å²) in [4.78, 5) is 23.4. The van der Waals surface area contributed by atoms with Gasteiger partial charge in [-0.15, -0.1) is 0 Å². The Morgan fingerprint density at radius 3 is 2.38 bits per heavy atom. The first kappa shape index (κ1) is 23.9. The van der Waals surface area contributed by atoms with Crippen molar-refractivity contribution in [1.82, 2.24) is 5.32 Å². The van der Waals surface area contributed by atoms with Crippen molar-refractivity contribution >= 4 is 11.9 Å². The number of carboxylic acids is 2. The fourth-order valence-electron chi connectivity index (χ4n) is 4.61. The Morgan fingerprint density at radius 2 is 1.78 bits per heavy atom. The van der Waals surface area contributed by atoms with Crippen molar-refractivity contribution in [1.29, 1.82) is 0 Å². The van der Waals surface area contributed by atoms with Gasteiger partial charge in [-0.05, 0) is 60.9 Å². The van der Waals surface area contributed by atoms with Crippen molar-refractivity contribution in [2.75, 3.05) is 0 Å². The van der Waals surface area contributed by atoms with Crippen LogP contribution in [0.25, 0.3) is 0 Å². The number of unbranched alkanes of at least 4 members (excludes halogenated alkanes) is 3. The molecule has 1 fully saturated rings. The molecule has 0 aromatic heterocycles. The van der Waals surface area contributed by atoms with Gasteiger partial charge in [-0.3, -0.25) is 9.59 Å². The summed E-state index contributed by atoms with van der Waals surface area (Å²) in [5.74, 6) is -2.95. The standard InChI is InChI=1S/C26H32FNO4/c1-2-3-4-5-7-18-10-12-19(13-11-18)23(20-8-6-9-21(27)16-20)28-22-14-15-26(17-22,24(29)30)25(31)32/h6,8-13,16,22-23,28H,2-5,7,14-15,17H2,1H3,(H,29,30)(H,31,32). The maximum atomic E-state index is 14.0. The van der Waals surface area contributed by atoms with E-state index in [1.165, 1.54) is 37.0 Å². The van der Waals surface area contributed by atoms with E-state index in [1.807, 2.05) is 18.2 Å². The average molecular weight is 442 g/mol. The number of carbonyl (C=O) groups is 2. The molecule has 2 atom stereocenters. The van der Waals surface area contributed by atoms with Gasteiger partial charge in [0.1, 0.15) is 5.82 Å². The molecule has 0 heterocycles. The molecule has 1 aliphatic carbocycles. The Morgan fingerprint density at radius 1 is 1.06 bits per heavy atom. The zero-order valence-corrected chi connectivity index (χ0v) is 18.5. The van der Waals surface area contributed by atoms with Crippen LogP contribution in [0.15, 0.2) is 48.5 Å². The molecule has 0 bridgehead atoms. The summed E-state index contributed by atoms with van der Waals surface area (Å²) in [6.07, 6.45) is 6.31. The van der Waals surface area contributed by atoms with E-state index in [0.717, 1.165) is 24.0 Å². The monoisotopic (exact) mass is 441 g/mol. The second-order valence-corrected chi connectivity index (χ2v) is 8.84. The normalized spacial score (nSPS) is 18.4. The molecule has 32 heavy (non-hydrogen) atoms. The van der Waals surface area contributed by atoms with Crippen LogP contribution < -0.4 is 5.32 Å². The number of halogens is 1. The highest BCUT2D eigenvalue weighted by molar-refractivity contribution is 5.98. The van der Waals surface area contributed by atoms with E-state index >= 15 is 0 Å². The van der Waals surface area contributed by atoms with Gasteiger partial charge in [0.05, 0.1) is 6.04 Å². The molecule has 2 aromatic rings. The fraction of sp³-hybridized carbons (Fsp3) is 0.462. The maximum absolute atomic E-state index is 14.0. The summed E-state index contributed by atoms with van der Waals surface area (Å²) < 4.78 is 14.0. The number of hydrogen-bond donors (Lipinski definition) is 3. The van der Waals surface area contributed by atoms with Crippen molar-refractivity contribution in [3.05, 3.63) is 71.0 Å². The Bertz CT molecular complexity index is 914. The third kappa shape index (κ3) is 5.54. The summed E-state index contributed by atoms with van der Waals surface area (Å²) in [5.41, 5.74) is 1.14. The molecular formula is C26H32FNO4. The predicted octanol–water partition coefficient (Wildman–Crippen LogP) is 5.34. The van der Waals surface area contributed by atoms with Gasteiger partial charge in [-0.1, -0.05) is 62.6 Å². The number of carboxylic acid groups (broad SMARTS) is 2. The minimum atomic E-state index is -1.77. The lowest BCUT2D eigenvalue weighted by Gasteiger charge is -2.25. The summed E-state index contributed by atoms with van der Waals surface area (Å²) in [6.45, 7) is 2.19. The van der Waals surface area contributed by atoms with E-state index in [0.29, 0.717) is 6.42 Å². The van der Waals surface area contributed by atoms with Crippen molar-refractivity contribution in [2.45, 2.75) is 70.4 Å². The molecule has 1 saturated carbocycles. The van der Waals surface area contributed by atoms with E-state index < -0.39 is 17.4 Å². The van der Waals surface area contributed by atoms with Gasteiger partial charge in [-0.25, -0.2) is 4.39 Å². The van der Waals surface area contributed by atoms with E-state index in [2.05, 4.69) is 24.4 Å². The highest BCUT2D eigenvalue weighted by Gasteiger charge is 2.52. The molecule has 3 N–H and O–H groups in total. The minimum absolute atomic E-state index is 0.000997. The van der Waals surface area contributed by atoms with Crippen LogP contribution in [0.4, 0.5) is 4.39 Å². The molecule has 0 radical (unpaired) electrons. The van der Waals surface area contributed by atoms with E-state index in [4.69, 9.17) is 0 Å². The Kier molecular flexibility index (Phi) is 8.02. The van der Waals surface area contributed by atoms with Crippen molar-refractivity contribution < 1.29 is 24.2 Å². The lowest BCUT2D eigenvalue weighted by molar-refractivity contribution is -0.164. The molecule has 172 valence electrons. The number of nitrogens with one attached hydrogen (secondary N) is 1. The Labute approximate surface area is 188 Å². The molecule has 2 unspecified atom stereocenters. The lowest BCUT2D eigenvalue weighted by Crippen LogP contribution is -2.40. The van der Waals surface area contributed by atoms with Crippen LogP contribution in [0, 0.1) is 11.2 Å². The van der Waals surface area contributed by atoms with Crippen molar-refractivity contribution in [3.8, 4) is 0 Å². The summed E-state index contributed by atoms with van der Waals surface area (Å²) >= 11 is 0. The van der Waals surface area contributed by atoms with Crippen molar-refractivity contribution in [3.63, 3.8) is 0 Å². The number of hydrogen-bond acceptors (Lipinski definition) is 3. The average Bonchev–Trinajstić information content (AvgIpc) is 3.21. The van der Waals surface area contributed by atoms with E-state index in [1.54, 1.807) is 6.07 Å². The molecule has 5 nitrogen and oxygen atoms in total. The molecule has 0 spiro atoms. The molecule has 3 rings (SSSR count). The maximum Gasteiger partial charge on any atom is 0.321 e. The number of aryl methyl sites for hydroxylation is 1. The van der Waals surface area contributed by atoms with E-state index in [9.17, 15) is 24.2 Å². The summed E-state index contributed by atoms with van der Waals surface area (Å²) in [5, 5.41) is 22.5. The smallest absolute Gasteiger partial charge is 0.321 e. The van der Waals surface area contributed by atoms with Gasteiger partial charge in [0.15, 0.2) is 5.41 Å². The minimum Gasteiger partial charge on any atom is -0.480 e. The Balaban J connectivity index is 1.80. The van der Waals surface area contributed by atoms with Crippen LogP contribution in [0.1, 0.15) is 74.6 Å². The highest BCUT2D eigenvalue weighted by Crippen LogP contribution is 2.40. The molecule has 0 amide bonds. The van der Waals surface area contributed by atoms with Crippen LogP contribution >= 0.6 is 0 Å². The van der Waals surface area contributed by atoms with Gasteiger partial charge in [-0.2, -0.15) is 0 Å². The van der Waals surface area contributed by atoms with Crippen LogP contribution in [0.5, 0.6) is 0 Å². The van der Waals surface area contributed by atoms with Gasteiger partial charge in [0.2, 0.25) is 0 Å². The number of benzene rings is 2. The van der Waals surface area contributed by atoms with Crippen LogP contribution in [0.3, 0.4) is 0 Å². The van der Waals surface area contributed by atoms with E-state index in [-0.39, 0.29) is 30.7 Å². The first-order chi connectivity index (χ1) is 15.4. The largest absolute Gasteiger partial charge is 0.480 e. The SMILES string of the molecule is CCCCCCc1ccc(C(NC2CCC(C(=O)O)(C(=O)O)C2)c2cccc(F)c2)cc1. The molecule has 6 heteroatoms. The second-order valence-electron chi connectivity index (χ2n) is 8.84. The van der Waals surface area contributed by atoms with Gasteiger partial charge >= 0.3 is 11.9 Å². The number of aliphatic carboxylic acids is 2. The highest BCUT2D eigenvalue weighted by atomic mass is 19.1. The summed E-state index contributed by atoms with van der Waals surface area (Å²) in [6, 6.07) is 13.9. The van der Waals surface area contributed by atoms with Gasteiger partial charge < -0.3 is 15.5 Å². The van der Waals surface area contributed by atoms with Gasteiger partial charge in [0, 0.05) is 6.04 Å². The van der Waals surface area contributed by atoms with Crippen LogP contribution in [-0.4, -0.2) is 28.2 Å². The third-order valence-electron chi connectivity index (χ3n) is 6.55. The molecule has 2 aromatic carbocycles. The first-order valence-electron chi connectivity index (χ1n) is 11.4. The third-order valence-corrected chi connectivity index (χ3v) is 6.55. The molecule has 1 aliphatic rings. The number of rotatable bonds is 11. The predicted molar refractivity (Wildman–Crippen MR) is 121 cm³/mol. The lowest BCUT2D eigenvalue weighted by atomic mass is 9.86. The quantitative estimate of drug-likeness (QED) is 0.324. The zero-order valence-electron chi connectivity index (χ0n) is 18.5. The Hall–Kier alpha value is -2.73. The summed E-state index contributed by atoms with van der Waals surface area (Å²) in [7, 11) is 0.